The predicted octanol–water partition coefficient (Wildman–Crippen LogP) is 1.39. The number of rotatable bonds is 6. The Morgan fingerprint density at radius 2 is 2.24 bits per heavy atom. The second-order valence-electron chi connectivity index (χ2n) is 4.90. The maximum Gasteiger partial charge on any atom is 0.371 e. The van der Waals surface area contributed by atoms with Crippen LogP contribution >= 0.6 is 0 Å². The van der Waals surface area contributed by atoms with E-state index in [0.29, 0.717) is 13.0 Å². The van der Waals surface area contributed by atoms with Gasteiger partial charge in [-0.1, -0.05) is 6.92 Å². The van der Waals surface area contributed by atoms with Crippen molar-refractivity contribution < 1.29 is 27.5 Å². The second-order valence-corrected chi connectivity index (χ2v) is 6.63. The highest BCUT2D eigenvalue weighted by atomic mass is 32.2. The van der Waals surface area contributed by atoms with Crippen molar-refractivity contribution in [3.05, 3.63) is 17.6 Å². The van der Waals surface area contributed by atoms with Crippen LogP contribution in [0.3, 0.4) is 0 Å². The SMILES string of the molecule is CCc1oc(C(=O)O)cc1S(=O)(=O)NCC1CCCCO1. The summed E-state index contributed by atoms with van der Waals surface area (Å²) >= 11 is 0. The Kier molecular flexibility index (Phi) is 5.02. The minimum atomic E-state index is -3.80. The molecule has 0 aliphatic carbocycles. The van der Waals surface area contributed by atoms with Crippen molar-refractivity contribution in [3.63, 3.8) is 0 Å². The number of hydrogen-bond acceptors (Lipinski definition) is 5. The van der Waals surface area contributed by atoms with Gasteiger partial charge in [-0.2, -0.15) is 0 Å². The molecule has 2 N–H and O–H groups in total. The molecule has 1 aromatic heterocycles. The van der Waals surface area contributed by atoms with Crippen LogP contribution in [0.4, 0.5) is 0 Å². The quantitative estimate of drug-likeness (QED) is 0.821. The zero-order valence-electron chi connectivity index (χ0n) is 11.8. The van der Waals surface area contributed by atoms with Crippen molar-refractivity contribution in [3.8, 4) is 0 Å². The number of hydrogen-bond donors (Lipinski definition) is 2. The molecule has 7 nitrogen and oxygen atoms in total. The molecule has 0 amide bonds. The number of carboxylic acids is 1. The van der Waals surface area contributed by atoms with Gasteiger partial charge >= 0.3 is 5.97 Å². The van der Waals surface area contributed by atoms with Crippen molar-refractivity contribution >= 4 is 16.0 Å². The fourth-order valence-electron chi connectivity index (χ4n) is 2.24. The minimum absolute atomic E-state index is 0.113. The Morgan fingerprint density at radius 3 is 2.81 bits per heavy atom. The molecule has 1 aliphatic rings. The second kappa shape index (κ2) is 6.59. The molecule has 1 atom stereocenters. The zero-order valence-corrected chi connectivity index (χ0v) is 12.6. The Bertz CT molecular complexity index is 600. The molecule has 118 valence electrons. The number of nitrogens with one attached hydrogen (secondary N) is 1. The lowest BCUT2D eigenvalue weighted by atomic mass is 10.1. The van der Waals surface area contributed by atoms with Crippen molar-refractivity contribution in [2.45, 2.75) is 43.6 Å². The summed E-state index contributed by atoms with van der Waals surface area (Å²) in [4.78, 5) is 10.8. The highest BCUT2D eigenvalue weighted by Crippen LogP contribution is 2.22. The van der Waals surface area contributed by atoms with E-state index >= 15 is 0 Å². The van der Waals surface area contributed by atoms with Gasteiger partial charge < -0.3 is 14.3 Å². The van der Waals surface area contributed by atoms with Crippen LogP contribution in [-0.4, -0.2) is 38.7 Å². The van der Waals surface area contributed by atoms with Crippen molar-refractivity contribution in [2.24, 2.45) is 0 Å². The normalized spacial score (nSPS) is 19.6. The molecule has 21 heavy (non-hydrogen) atoms. The fraction of sp³-hybridized carbons (Fsp3) is 0.615. The summed E-state index contributed by atoms with van der Waals surface area (Å²) in [5, 5.41) is 8.89. The number of ether oxygens (including phenoxy) is 1. The third-order valence-corrected chi connectivity index (χ3v) is 4.84. The standard InChI is InChI=1S/C13H19NO6S/c1-2-10-12(7-11(20-10)13(15)16)21(17,18)14-8-9-5-3-4-6-19-9/h7,9,14H,2-6,8H2,1H3,(H,15,16). The number of carboxylic acid groups (broad SMARTS) is 1. The molecular formula is C13H19NO6S. The van der Waals surface area contributed by atoms with E-state index in [9.17, 15) is 13.2 Å². The van der Waals surface area contributed by atoms with E-state index in [4.69, 9.17) is 14.3 Å². The van der Waals surface area contributed by atoms with Crippen LogP contribution in [0.2, 0.25) is 0 Å². The van der Waals surface area contributed by atoms with Gasteiger partial charge in [0.2, 0.25) is 15.8 Å². The predicted molar refractivity (Wildman–Crippen MR) is 73.8 cm³/mol. The summed E-state index contributed by atoms with van der Waals surface area (Å²) in [5.41, 5.74) is 0. The Morgan fingerprint density at radius 1 is 1.48 bits per heavy atom. The summed E-state index contributed by atoms with van der Waals surface area (Å²) < 4.78 is 37.5. The summed E-state index contributed by atoms with van der Waals surface area (Å²) in [5.74, 6) is -1.52. The lowest BCUT2D eigenvalue weighted by molar-refractivity contribution is 0.0200. The van der Waals surface area contributed by atoms with Crippen molar-refractivity contribution in [1.29, 1.82) is 0 Å². The van der Waals surface area contributed by atoms with Gasteiger partial charge in [0.25, 0.3) is 0 Å². The highest BCUT2D eigenvalue weighted by Gasteiger charge is 2.26. The van der Waals surface area contributed by atoms with E-state index in [1.807, 2.05) is 0 Å². The van der Waals surface area contributed by atoms with Crippen LogP contribution in [0.1, 0.15) is 42.5 Å². The molecule has 1 aromatic rings. The summed E-state index contributed by atoms with van der Waals surface area (Å²) in [6, 6.07) is 1.05. The summed E-state index contributed by atoms with van der Waals surface area (Å²) in [6.45, 7) is 2.52. The molecule has 0 bridgehead atoms. The van der Waals surface area contributed by atoms with E-state index in [0.717, 1.165) is 25.3 Å². The summed E-state index contributed by atoms with van der Waals surface area (Å²) in [7, 11) is -3.80. The highest BCUT2D eigenvalue weighted by molar-refractivity contribution is 7.89. The van der Waals surface area contributed by atoms with Crippen LogP contribution in [0.5, 0.6) is 0 Å². The molecule has 1 saturated heterocycles. The maximum absolute atomic E-state index is 12.3. The van der Waals surface area contributed by atoms with Gasteiger partial charge in [0, 0.05) is 25.6 Å². The molecule has 0 aromatic carbocycles. The molecule has 1 fully saturated rings. The smallest absolute Gasteiger partial charge is 0.371 e. The van der Waals surface area contributed by atoms with Gasteiger partial charge in [0.15, 0.2) is 0 Å². The number of sulfonamides is 1. The summed E-state index contributed by atoms with van der Waals surface area (Å²) in [6.07, 6.45) is 2.98. The average Bonchev–Trinajstić information content (AvgIpc) is 2.92. The first kappa shape index (κ1) is 16.0. The molecule has 2 rings (SSSR count). The molecule has 0 saturated carbocycles. The van der Waals surface area contributed by atoms with Crippen LogP contribution in [-0.2, 0) is 21.2 Å². The molecule has 8 heteroatoms. The number of aryl methyl sites for hydroxylation is 1. The van der Waals surface area contributed by atoms with Gasteiger partial charge in [-0.25, -0.2) is 17.9 Å². The third-order valence-electron chi connectivity index (χ3n) is 3.37. The van der Waals surface area contributed by atoms with Gasteiger partial charge in [-0.05, 0) is 19.3 Å². The topological polar surface area (TPSA) is 106 Å². The van der Waals surface area contributed by atoms with E-state index < -0.39 is 16.0 Å². The third kappa shape index (κ3) is 3.84. The van der Waals surface area contributed by atoms with Gasteiger partial charge in [-0.15, -0.1) is 0 Å². The number of carbonyl (C=O) groups is 1. The zero-order chi connectivity index (χ0) is 15.5. The molecule has 1 unspecified atom stereocenters. The molecule has 1 aliphatic heterocycles. The van der Waals surface area contributed by atoms with E-state index in [1.165, 1.54) is 0 Å². The first-order chi connectivity index (χ1) is 9.94. The Labute approximate surface area is 123 Å². The maximum atomic E-state index is 12.3. The van der Waals surface area contributed by atoms with Gasteiger partial charge in [0.1, 0.15) is 10.7 Å². The average molecular weight is 317 g/mol. The van der Waals surface area contributed by atoms with Crippen LogP contribution in [0.25, 0.3) is 0 Å². The van der Waals surface area contributed by atoms with Crippen LogP contribution < -0.4 is 4.72 Å². The Hall–Kier alpha value is -1.38. The van der Waals surface area contributed by atoms with Crippen LogP contribution in [0.15, 0.2) is 15.4 Å². The Balaban J connectivity index is 2.12. The van der Waals surface area contributed by atoms with Crippen molar-refractivity contribution in [2.75, 3.05) is 13.2 Å². The first-order valence-corrected chi connectivity index (χ1v) is 8.39. The fourth-order valence-corrected chi connectivity index (χ4v) is 3.55. The largest absolute Gasteiger partial charge is 0.475 e. The number of furan rings is 1. The minimum Gasteiger partial charge on any atom is -0.475 e. The monoisotopic (exact) mass is 317 g/mol. The lowest BCUT2D eigenvalue weighted by Crippen LogP contribution is -2.35. The van der Waals surface area contributed by atoms with Crippen molar-refractivity contribution in [1.82, 2.24) is 4.72 Å². The van der Waals surface area contributed by atoms with Crippen LogP contribution in [0, 0.1) is 0 Å². The molecule has 2 heterocycles. The van der Waals surface area contributed by atoms with E-state index in [2.05, 4.69) is 4.72 Å². The molecule has 0 spiro atoms. The first-order valence-electron chi connectivity index (χ1n) is 6.91. The lowest BCUT2D eigenvalue weighted by Gasteiger charge is -2.22. The van der Waals surface area contributed by atoms with E-state index in [-0.39, 0.29) is 29.1 Å². The molecular weight excluding hydrogens is 298 g/mol. The van der Waals surface area contributed by atoms with Gasteiger partial charge in [-0.3, -0.25) is 0 Å². The van der Waals surface area contributed by atoms with E-state index in [1.54, 1.807) is 6.92 Å². The number of aromatic carboxylic acids is 1. The van der Waals surface area contributed by atoms with Gasteiger partial charge in [0.05, 0.1) is 6.10 Å². The molecule has 0 radical (unpaired) electrons.